The highest BCUT2D eigenvalue weighted by atomic mass is 28.4. The van der Waals surface area contributed by atoms with E-state index in [4.69, 9.17) is 23.1 Å². The number of allylic oxidation sites excluding steroid dienone is 1. The molecule has 2 heterocycles. The van der Waals surface area contributed by atoms with Crippen molar-refractivity contribution in [3.8, 4) is 0 Å². The molecule has 9 nitrogen and oxygen atoms in total. The molecule has 11 heteroatoms. The van der Waals surface area contributed by atoms with Gasteiger partial charge in [-0.15, -0.1) is 0 Å². The van der Waals surface area contributed by atoms with Crippen molar-refractivity contribution in [3.05, 3.63) is 12.2 Å². The van der Waals surface area contributed by atoms with Gasteiger partial charge < -0.3 is 23.1 Å². The average Bonchev–Trinajstić information content (AvgIpc) is 3.33. The van der Waals surface area contributed by atoms with Crippen LogP contribution in [0.25, 0.3) is 0 Å². The van der Waals surface area contributed by atoms with Crippen LogP contribution in [0.3, 0.4) is 0 Å². The molecule has 0 aromatic heterocycles. The first-order chi connectivity index (χ1) is 27.0. The lowest BCUT2D eigenvalue weighted by Crippen LogP contribution is -2.72. The molecule has 12 atom stereocenters. The largest absolute Gasteiger partial charge is 0.461 e. The second kappa shape index (κ2) is 16.2. The van der Waals surface area contributed by atoms with Crippen LogP contribution in [0, 0.1) is 45.8 Å². The van der Waals surface area contributed by atoms with Gasteiger partial charge in [-0.2, -0.15) is 0 Å². The summed E-state index contributed by atoms with van der Waals surface area (Å²) in [6, 6.07) is 0. The Balaban J connectivity index is 1.45. The second-order valence-electron chi connectivity index (χ2n) is 25.6. The number of amides is 1. The SMILES string of the molecule is C[C@H](CC(=O)/C=C/[C@]1(C)[C@H]2C[C@@]3(C)[C@@H]4C[C@@H](C)C[C@@H](O[Si](C)(C)C(C)(C)C)[C@H]4C[C@@H](O[Si](C)(C)C(C)(C)C)[C@@H]3[C@]1(C)CC(=O)O2)C[C@@H]1CN(C(=O)OC(C)(C)C)C(C)(C)O1. The molecule has 3 saturated carbocycles. The lowest BCUT2D eigenvalue weighted by atomic mass is 9.36. The minimum atomic E-state index is -2.27. The van der Waals surface area contributed by atoms with Crippen LogP contribution < -0.4 is 0 Å². The van der Waals surface area contributed by atoms with Gasteiger partial charge in [-0.05, 0) is 149 Å². The summed E-state index contributed by atoms with van der Waals surface area (Å²) < 4.78 is 33.6. The molecule has 0 N–H and O–H groups in total. The van der Waals surface area contributed by atoms with Crippen molar-refractivity contribution in [1.82, 2.24) is 4.90 Å². The highest BCUT2D eigenvalue weighted by Gasteiger charge is 2.72. The third kappa shape index (κ3) is 9.47. The van der Waals surface area contributed by atoms with Gasteiger partial charge in [0, 0.05) is 24.0 Å². The minimum Gasteiger partial charge on any atom is -0.461 e. The van der Waals surface area contributed by atoms with Crippen LogP contribution in [0.2, 0.25) is 36.3 Å². The Morgan fingerprint density at radius 2 is 1.45 bits per heavy atom. The monoisotopic (exact) mass is 874 g/mol. The zero-order chi connectivity index (χ0) is 45.6. The molecule has 5 aliphatic rings. The maximum atomic E-state index is 14.0. The van der Waals surface area contributed by atoms with Crippen molar-refractivity contribution in [1.29, 1.82) is 0 Å². The highest BCUT2D eigenvalue weighted by Crippen LogP contribution is 2.72. The second-order valence-corrected chi connectivity index (χ2v) is 35.1. The molecule has 0 aromatic rings. The zero-order valence-corrected chi connectivity index (χ0v) is 43.7. The van der Waals surface area contributed by atoms with Gasteiger partial charge in [0.25, 0.3) is 0 Å². The van der Waals surface area contributed by atoms with Crippen molar-refractivity contribution in [2.75, 3.05) is 6.54 Å². The molecule has 0 radical (unpaired) electrons. The van der Waals surface area contributed by atoms with E-state index in [1.807, 2.05) is 34.6 Å². The highest BCUT2D eigenvalue weighted by molar-refractivity contribution is 6.74. The van der Waals surface area contributed by atoms with Crippen molar-refractivity contribution >= 4 is 34.5 Å². The molecular formula is C49H87NO8Si2. The normalized spacial score (nSPS) is 37.9. The van der Waals surface area contributed by atoms with Crippen LogP contribution in [0.15, 0.2) is 12.2 Å². The molecule has 0 unspecified atom stereocenters. The summed E-state index contributed by atoms with van der Waals surface area (Å²) in [6.45, 7) is 44.9. The fraction of sp³-hybridized carbons (Fsp3) is 0.898. The molecular weight excluding hydrogens is 787 g/mol. The van der Waals surface area contributed by atoms with Crippen LogP contribution in [0.1, 0.15) is 156 Å². The molecule has 344 valence electrons. The third-order valence-corrected chi connectivity index (χ3v) is 26.2. The van der Waals surface area contributed by atoms with Gasteiger partial charge in [-0.1, -0.05) is 82.2 Å². The summed E-state index contributed by atoms with van der Waals surface area (Å²) in [5, 5.41) is 0.125. The van der Waals surface area contributed by atoms with Crippen molar-refractivity contribution in [2.45, 2.75) is 228 Å². The maximum absolute atomic E-state index is 14.0. The van der Waals surface area contributed by atoms with E-state index in [9.17, 15) is 14.4 Å². The third-order valence-electron chi connectivity index (χ3n) is 17.2. The number of fused-ring (bicyclic) bond motifs is 6. The van der Waals surface area contributed by atoms with E-state index in [-0.39, 0.29) is 69.6 Å². The van der Waals surface area contributed by atoms with Gasteiger partial charge in [0.2, 0.25) is 0 Å². The molecule has 5 fully saturated rings. The van der Waals surface area contributed by atoms with Crippen LogP contribution in [-0.2, 0) is 32.7 Å². The Labute approximate surface area is 367 Å². The van der Waals surface area contributed by atoms with Gasteiger partial charge in [0.15, 0.2) is 22.4 Å². The van der Waals surface area contributed by atoms with E-state index in [0.717, 1.165) is 25.7 Å². The number of esters is 1. The van der Waals surface area contributed by atoms with Crippen LogP contribution in [0.5, 0.6) is 0 Å². The molecule has 0 aromatic carbocycles. The predicted molar refractivity (Wildman–Crippen MR) is 245 cm³/mol. The Morgan fingerprint density at radius 3 is 2.00 bits per heavy atom. The first-order valence-electron chi connectivity index (χ1n) is 23.4. The number of hydrogen-bond acceptors (Lipinski definition) is 8. The number of carbonyl (C=O) groups is 3. The van der Waals surface area contributed by atoms with E-state index >= 15 is 0 Å². The summed E-state index contributed by atoms with van der Waals surface area (Å²) in [5.41, 5.74) is -2.65. The van der Waals surface area contributed by atoms with E-state index in [1.54, 1.807) is 11.0 Å². The Bertz CT molecular complexity index is 1650. The Kier molecular flexibility index (Phi) is 13.3. The maximum Gasteiger partial charge on any atom is 0.412 e. The summed E-state index contributed by atoms with van der Waals surface area (Å²) in [6.07, 6.45) is 8.28. The number of hydrogen-bond donors (Lipinski definition) is 0. The smallest absolute Gasteiger partial charge is 0.412 e. The molecule has 5 rings (SSSR count). The van der Waals surface area contributed by atoms with Crippen LogP contribution in [-0.4, -0.2) is 81.7 Å². The van der Waals surface area contributed by atoms with E-state index in [2.05, 4.69) is 108 Å². The van der Waals surface area contributed by atoms with Crippen molar-refractivity contribution in [3.63, 3.8) is 0 Å². The first-order valence-corrected chi connectivity index (χ1v) is 29.2. The average molecular weight is 874 g/mol. The summed E-state index contributed by atoms with van der Waals surface area (Å²) >= 11 is 0. The fourth-order valence-electron chi connectivity index (χ4n) is 11.9. The van der Waals surface area contributed by atoms with Crippen LogP contribution in [0.4, 0.5) is 4.79 Å². The van der Waals surface area contributed by atoms with Gasteiger partial charge in [-0.3, -0.25) is 14.5 Å². The summed E-state index contributed by atoms with van der Waals surface area (Å²) in [5.74, 6) is 1.33. The quantitative estimate of drug-likeness (QED) is 0.122. The molecule has 3 aliphatic carbocycles. The number of ketones is 1. The van der Waals surface area contributed by atoms with Gasteiger partial charge >= 0.3 is 12.1 Å². The molecule has 2 saturated heterocycles. The van der Waals surface area contributed by atoms with E-state index in [0.29, 0.717) is 43.6 Å². The Morgan fingerprint density at radius 1 is 0.883 bits per heavy atom. The lowest BCUT2D eigenvalue weighted by Gasteiger charge is -2.71. The van der Waals surface area contributed by atoms with Gasteiger partial charge in [0.05, 0.1) is 19.1 Å². The predicted octanol–water partition coefficient (Wildman–Crippen LogP) is 12.1. The minimum absolute atomic E-state index is 0.0155. The topological polar surface area (TPSA) is 101 Å². The van der Waals surface area contributed by atoms with Crippen LogP contribution >= 0.6 is 0 Å². The van der Waals surface area contributed by atoms with Gasteiger partial charge in [-0.25, -0.2) is 4.79 Å². The van der Waals surface area contributed by atoms with Crippen molar-refractivity contribution in [2.24, 2.45) is 45.8 Å². The molecule has 2 aliphatic heterocycles. The zero-order valence-electron chi connectivity index (χ0n) is 41.7. The van der Waals surface area contributed by atoms with Crippen molar-refractivity contribution < 1.29 is 37.4 Å². The first kappa shape index (κ1) is 49.5. The standard InChI is InChI=1S/C49H87NO8Si2/c1-31(24-34-30-50(46(12,13)55-34)42(53)56-43(3,4)5)23-33(51)21-22-48(15)39-28-47(14)36-25-32(2)26-37(57-59(17,18)44(6,7)8)35(36)27-38(58-60(19,20)45(9,10)11)41(47)49(48,16)29-40(52)54-39/h21-22,31-32,34-39,41H,23-30H2,1-20H3/b22-21+/t31-,32-,34-,35+,36-,37-,38-,39-,41+,47+,48-,49+/m1/s1. The summed E-state index contributed by atoms with van der Waals surface area (Å²) in [7, 11) is -4.34. The number of nitrogens with zero attached hydrogens (tertiary/aromatic N) is 1. The lowest BCUT2D eigenvalue weighted by molar-refractivity contribution is -0.271. The van der Waals surface area contributed by atoms with Gasteiger partial charge in [0.1, 0.15) is 17.4 Å². The van der Waals surface area contributed by atoms with E-state index in [1.165, 1.54) is 0 Å². The molecule has 0 spiro atoms. The number of rotatable bonds is 10. The fourth-order valence-corrected chi connectivity index (χ4v) is 14.6. The molecule has 60 heavy (non-hydrogen) atoms. The number of ether oxygens (including phenoxy) is 3. The van der Waals surface area contributed by atoms with E-state index < -0.39 is 38.8 Å². The number of carbonyl (C=O) groups excluding carboxylic acids is 3. The summed E-state index contributed by atoms with van der Waals surface area (Å²) in [4.78, 5) is 42.4. The molecule has 1 amide bonds. The Hall–Kier alpha value is -1.54. The molecule has 2 bridgehead atoms.